The number of hydrogen-bond acceptors (Lipinski definition) is 4. The number of ether oxygens (including phenoxy) is 1. The minimum Gasteiger partial charge on any atom is -0.383 e. The van der Waals surface area contributed by atoms with E-state index in [2.05, 4.69) is 21.7 Å². The third kappa shape index (κ3) is 7.16. The molecule has 0 radical (unpaired) electrons. The first-order valence-electron chi connectivity index (χ1n) is 10.8. The van der Waals surface area contributed by atoms with Crippen LogP contribution in [0.25, 0.3) is 0 Å². The summed E-state index contributed by atoms with van der Waals surface area (Å²) in [6.45, 7) is 19.3. The first-order chi connectivity index (χ1) is 12.2. The zero-order chi connectivity index (χ0) is 18.7. The van der Waals surface area contributed by atoms with E-state index in [9.17, 15) is 0 Å². The van der Waals surface area contributed by atoms with Crippen molar-refractivity contribution in [3.8, 4) is 0 Å². The number of piperidine rings is 2. The smallest absolute Gasteiger partial charge is 0.0589 e. The largest absolute Gasteiger partial charge is 0.383 e. The highest BCUT2D eigenvalue weighted by molar-refractivity contribution is 4.98. The van der Waals surface area contributed by atoms with Gasteiger partial charge in [-0.3, -0.25) is 0 Å². The molecule has 0 aromatic carbocycles. The maximum absolute atomic E-state index is 5.19. The van der Waals surface area contributed by atoms with E-state index in [1.807, 2.05) is 27.7 Å². The lowest BCUT2D eigenvalue weighted by Crippen LogP contribution is -2.61. The molecule has 3 heterocycles. The van der Waals surface area contributed by atoms with Crippen LogP contribution in [0.15, 0.2) is 0 Å². The average Bonchev–Trinajstić information content (AvgIpc) is 2.65. The van der Waals surface area contributed by atoms with Gasteiger partial charge < -0.3 is 19.4 Å². The van der Waals surface area contributed by atoms with Crippen molar-refractivity contribution in [1.29, 1.82) is 0 Å². The maximum Gasteiger partial charge on any atom is 0.0589 e. The van der Waals surface area contributed by atoms with Gasteiger partial charge in [-0.1, -0.05) is 27.7 Å². The molecular formula is C21H45N3O. The number of likely N-dealkylation sites (tertiary alicyclic amines) is 3. The summed E-state index contributed by atoms with van der Waals surface area (Å²) in [6.07, 6.45) is 5.62. The quantitative estimate of drug-likeness (QED) is 0.752. The van der Waals surface area contributed by atoms with Crippen LogP contribution in [-0.4, -0.2) is 87.8 Å². The zero-order valence-electron chi connectivity index (χ0n) is 18.0. The molecule has 3 aliphatic heterocycles. The van der Waals surface area contributed by atoms with Crippen LogP contribution in [0.1, 0.15) is 53.4 Å². The Hall–Kier alpha value is -0.160. The molecule has 3 rings (SSSR count). The summed E-state index contributed by atoms with van der Waals surface area (Å²) in [6, 6.07) is 0. The Morgan fingerprint density at radius 1 is 0.880 bits per heavy atom. The second-order valence-corrected chi connectivity index (χ2v) is 7.75. The van der Waals surface area contributed by atoms with Crippen LogP contribution in [0.3, 0.4) is 0 Å². The summed E-state index contributed by atoms with van der Waals surface area (Å²) in [5, 5.41) is 0. The van der Waals surface area contributed by atoms with Crippen molar-refractivity contribution in [3.05, 3.63) is 0 Å². The van der Waals surface area contributed by atoms with Gasteiger partial charge in [0.1, 0.15) is 0 Å². The van der Waals surface area contributed by atoms with Gasteiger partial charge in [-0.25, -0.2) is 0 Å². The molecule has 0 aromatic rings. The molecule has 3 fully saturated rings. The first kappa shape index (κ1) is 22.9. The normalized spacial score (nSPS) is 24.7. The molecule has 0 N–H and O–H groups in total. The Morgan fingerprint density at radius 3 is 1.96 bits per heavy atom. The lowest BCUT2D eigenvalue weighted by molar-refractivity contribution is -0.0584. The van der Waals surface area contributed by atoms with E-state index >= 15 is 0 Å². The predicted octanol–water partition coefficient (Wildman–Crippen LogP) is 3.42. The third-order valence-corrected chi connectivity index (χ3v) is 6.00. The minimum absolute atomic E-state index is 0.676. The van der Waals surface area contributed by atoms with Gasteiger partial charge in [0, 0.05) is 33.3 Å². The fourth-order valence-corrected chi connectivity index (χ4v) is 4.43. The SMILES string of the molecule is CC.CC.COCCN1CCC2(CC1)CN(CC1CCN(C)CC1)C2. The van der Waals surface area contributed by atoms with Gasteiger partial charge in [0.25, 0.3) is 0 Å². The summed E-state index contributed by atoms with van der Waals surface area (Å²) in [4.78, 5) is 7.79. The van der Waals surface area contributed by atoms with Crippen molar-refractivity contribution < 1.29 is 4.74 Å². The van der Waals surface area contributed by atoms with Crippen LogP contribution < -0.4 is 0 Å². The van der Waals surface area contributed by atoms with Gasteiger partial charge in [-0.2, -0.15) is 0 Å². The molecular weight excluding hydrogens is 310 g/mol. The topological polar surface area (TPSA) is 19.0 Å². The number of nitrogens with zero attached hydrogens (tertiary/aromatic N) is 3. The fraction of sp³-hybridized carbons (Fsp3) is 1.00. The highest BCUT2D eigenvalue weighted by Gasteiger charge is 2.44. The second kappa shape index (κ2) is 12.3. The van der Waals surface area contributed by atoms with Gasteiger partial charge in [0.15, 0.2) is 0 Å². The molecule has 0 saturated carbocycles. The molecule has 3 saturated heterocycles. The minimum atomic E-state index is 0.676. The lowest BCUT2D eigenvalue weighted by Gasteiger charge is -2.55. The molecule has 0 bridgehead atoms. The molecule has 150 valence electrons. The first-order valence-corrected chi connectivity index (χ1v) is 10.8. The Morgan fingerprint density at radius 2 is 1.44 bits per heavy atom. The van der Waals surface area contributed by atoms with E-state index in [4.69, 9.17) is 4.74 Å². The predicted molar refractivity (Wildman–Crippen MR) is 109 cm³/mol. The highest BCUT2D eigenvalue weighted by atomic mass is 16.5. The zero-order valence-corrected chi connectivity index (χ0v) is 18.0. The van der Waals surface area contributed by atoms with Crippen LogP contribution in [0, 0.1) is 11.3 Å². The van der Waals surface area contributed by atoms with Crippen molar-refractivity contribution in [2.45, 2.75) is 53.4 Å². The molecule has 0 amide bonds. The van der Waals surface area contributed by atoms with Crippen molar-refractivity contribution in [2.75, 3.05) is 73.1 Å². The van der Waals surface area contributed by atoms with Gasteiger partial charge in [-0.15, -0.1) is 0 Å². The van der Waals surface area contributed by atoms with Crippen molar-refractivity contribution >= 4 is 0 Å². The summed E-state index contributed by atoms with van der Waals surface area (Å²) in [7, 11) is 4.06. The number of hydrogen-bond donors (Lipinski definition) is 0. The van der Waals surface area contributed by atoms with Crippen molar-refractivity contribution in [1.82, 2.24) is 14.7 Å². The molecule has 1 spiro atoms. The summed E-state index contributed by atoms with van der Waals surface area (Å²) < 4.78 is 5.19. The maximum atomic E-state index is 5.19. The van der Waals surface area contributed by atoms with E-state index in [0.717, 1.165) is 19.1 Å². The van der Waals surface area contributed by atoms with Gasteiger partial charge in [0.05, 0.1) is 6.61 Å². The standard InChI is InChI=1S/C17H33N3O.2C2H6/c1-18-7-3-16(4-8-18)13-20-14-17(15-20)5-9-19(10-6-17)11-12-21-2;2*1-2/h16H,3-15H2,1-2H3;2*1-2H3. The Balaban J connectivity index is 0.000000730. The molecule has 0 aliphatic carbocycles. The molecule has 3 aliphatic rings. The molecule has 4 nitrogen and oxygen atoms in total. The molecule has 4 heteroatoms. The molecule has 0 atom stereocenters. The van der Waals surface area contributed by atoms with Crippen molar-refractivity contribution in [2.24, 2.45) is 11.3 Å². The summed E-state index contributed by atoms with van der Waals surface area (Å²) in [5.74, 6) is 0.959. The fourth-order valence-electron chi connectivity index (χ4n) is 4.43. The lowest BCUT2D eigenvalue weighted by atomic mass is 9.71. The van der Waals surface area contributed by atoms with Crippen LogP contribution in [0.5, 0.6) is 0 Å². The van der Waals surface area contributed by atoms with Gasteiger partial charge >= 0.3 is 0 Å². The van der Waals surface area contributed by atoms with Gasteiger partial charge in [0.2, 0.25) is 0 Å². The molecule has 0 unspecified atom stereocenters. The van der Waals surface area contributed by atoms with Crippen molar-refractivity contribution in [3.63, 3.8) is 0 Å². The molecule has 0 aromatic heterocycles. The number of rotatable bonds is 5. The van der Waals surface area contributed by atoms with E-state index in [0.29, 0.717) is 5.41 Å². The average molecular weight is 356 g/mol. The van der Waals surface area contributed by atoms with Crippen LogP contribution in [0.4, 0.5) is 0 Å². The molecule has 25 heavy (non-hydrogen) atoms. The monoisotopic (exact) mass is 355 g/mol. The van der Waals surface area contributed by atoms with E-state index in [1.54, 1.807) is 7.11 Å². The highest BCUT2D eigenvalue weighted by Crippen LogP contribution is 2.41. The summed E-state index contributed by atoms with van der Waals surface area (Å²) >= 11 is 0. The van der Waals surface area contributed by atoms with Gasteiger partial charge in [-0.05, 0) is 70.2 Å². The summed E-state index contributed by atoms with van der Waals surface area (Å²) in [5.41, 5.74) is 0.676. The number of methoxy groups -OCH3 is 1. The Bertz CT molecular complexity index is 313. The van der Waals surface area contributed by atoms with E-state index < -0.39 is 0 Å². The van der Waals surface area contributed by atoms with Crippen LogP contribution in [-0.2, 0) is 4.74 Å². The van der Waals surface area contributed by atoms with Crippen LogP contribution in [0.2, 0.25) is 0 Å². The van der Waals surface area contributed by atoms with E-state index in [1.165, 1.54) is 71.5 Å². The Kier molecular flexibility index (Phi) is 11.2. The third-order valence-electron chi connectivity index (χ3n) is 6.00. The van der Waals surface area contributed by atoms with E-state index in [-0.39, 0.29) is 0 Å². The Labute approximate surface area is 157 Å². The second-order valence-electron chi connectivity index (χ2n) is 7.75. The van der Waals surface area contributed by atoms with Crippen LogP contribution >= 0.6 is 0 Å².